The molecule has 0 saturated carbocycles. The Morgan fingerprint density at radius 1 is 0.846 bits per heavy atom. The number of benzene rings is 3. The summed E-state index contributed by atoms with van der Waals surface area (Å²) < 4.78 is 29.2. The minimum Gasteiger partial charge on any atom is -0.355 e. The smallest absolute Gasteiger partial charge is 0.264 e. The molecule has 0 spiro atoms. The molecule has 2 amide bonds. The van der Waals surface area contributed by atoms with Gasteiger partial charge in [0.1, 0.15) is 12.6 Å². The molecule has 0 aliphatic carbocycles. The fraction of sp³-hybridized carbons (Fsp3) is 0.355. The summed E-state index contributed by atoms with van der Waals surface area (Å²) in [6.07, 6.45) is 0.387. The minimum atomic E-state index is -4.10. The number of hydrogen-bond acceptors (Lipinski definition) is 4. The molecule has 0 unspecified atom stereocenters. The zero-order valence-corrected chi connectivity index (χ0v) is 24.5. The van der Waals surface area contributed by atoms with Gasteiger partial charge in [-0.3, -0.25) is 13.9 Å². The largest absolute Gasteiger partial charge is 0.355 e. The first-order valence-electron chi connectivity index (χ1n) is 13.3. The third-order valence-corrected chi connectivity index (χ3v) is 8.85. The molecule has 0 bridgehead atoms. The van der Waals surface area contributed by atoms with E-state index >= 15 is 0 Å². The molecule has 8 heteroatoms. The van der Waals surface area contributed by atoms with Gasteiger partial charge in [-0.05, 0) is 81.5 Å². The van der Waals surface area contributed by atoms with Crippen molar-refractivity contribution >= 4 is 27.5 Å². The molecule has 208 valence electrons. The van der Waals surface area contributed by atoms with Gasteiger partial charge >= 0.3 is 0 Å². The molecule has 3 aromatic carbocycles. The molecule has 3 rings (SSSR count). The van der Waals surface area contributed by atoms with E-state index in [-0.39, 0.29) is 17.3 Å². The van der Waals surface area contributed by atoms with Gasteiger partial charge in [0.2, 0.25) is 11.8 Å². The van der Waals surface area contributed by atoms with Crippen LogP contribution < -0.4 is 9.62 Å². The van der Waals surface area contributed by atoms with Crippen molar-refractivity contribution in [3.63, 3.8) is 0 Å². The summed E-state index contributed by atoms with van der Waals surface area (Å²) in [4.78, 5) is 28.8. The number of anilines is 1. The molecule has 0 heterocycles. The maximum absolute atomic E-state index is 14.1. The summed E-state index contributed by atoms with van der Waals surface area (Å²) in [7, 11) is -4.10. The molecule has 0 aliphatic rings. The molecule has 39 heavy (non-hydrogen) atoms. The van der Waals surface area contributed by atoms with E-state index < -0.39 is 28.5 Å². The van der Waals surface area contributed by atoms with E-state index in [1.165, 1.54) is 9.21 Å². The van der Waals surface area contributed by atoms with Crippen LogP contribution in [0, 0.1) is 27.7 Å². The molecule has 0 fully saturated rings. The van der Waals surface area contributed by atoms with Gasteiger partial charge in [-0.1, -0.05) is 61.0 Å². The van der Waals surface area contributed by atoms with Gasteiger partial charge in [0, 0.05) is 13.1 Å². The van der Waals surface area contributed by atoms with E-state index in [9.17, 15) is 18.0 Å². The molecule has 0 saturated heterocycles. The van der Waals surface area contributed by atoms with Crippen LogP contribution >= 0.6 is 0 Å². The van der Waals surface area contributed by atoms with E-state index in [1.54, 1.807) is 36.4 Å². The number of sulfonamides is 1. The van der Waals surface area contributed by atoms with Gasteiger partial charge < -0.3 is 10.2 Å². The highest BCUT2D eigenvalue weighted by Gasteiger charge is 2.34. The Hall–Kier alpha value is -3.65. The fourth-order valence-corrected chi connectivity index (χ4v) is 6.01. The molecular formula is C31H39N3O4S. The van der Waals surface area contributed by atoms with Crippen LogP contribution in [0.3, 0.4) is 0 Å². The Labute approximate surface area is 232 Å². The molecule has 3 aromatic rings. The van der Waals surface area contributed by atoms with Crippen LogP contribution in [0.1, 0.15) is 48.1 Å². The monoisotopic (exact) mass is 549 g/mol. The van der Waals surface area contributed by atoms with Gasteiger partial charge in [0.05, 0.1) is 10.6 Å². The topological polar surface area (TPSA) is 86.8 Å². The third kappa shape index (κ3) is 6.87. The molecule has 0 aromatic heterocycles. The number of aryl methyl sites for hydroxylation is 3. The van der Waals surface area contributed by atoms with Gasteiger partial charge in [-0.2, -0.15) is 0 Å². The first kappa shape index (κ1) is 29.9. The van der Waals surface area contributed by atoms with Crippen molar-refractivity contribution in [1.82, 2.24) is 10.2 Å². The Morgan fingerprint density at radius 3 is 2.10 bits per heavy atom. The van der Waals surface area contributed by atoms with Gasteiger partial charge in [0.15, 0.2) is 0 Å². The molecule has 0 radical (unpaired) electrons. The van der Waals surface area contributed by atoms with E-state index in [0.717, 1.165) is 27.8 Å². The van der Waals surface area contributed by atoms with E-state index in [1.807, 2.05) is 71.9 Å². The SMILES string of the molecule is CCNC(=O)[C@@H](CC)N(Cc1ccccc1C)C(=O)CN(c1cccc(C)c1C)S(=O)(=O)c1ccc(C)cc1. The maximum atomic E-state index is 14.1. The predicted octanol–water partition coefficient (Wildman–Crippen LogP) is 5.06. The lowest BCUT2D eigenvalue weighted by Crippen LogP contribution is -2.52. The highest BCUT2D eigenvalue weighted by molar-refractivity contribution is 7.92. The minimum absolute atomic E-state index is 0.100. The van der Waals surface area contributed by atoms with Crippen LogP contribution in [-0.4, -0.2) is 44.3 Å². The van der Waals surface area contributed by atoms with Crippen molar-refractivity contribution in [1.29, 1.82) is 0 Å². The summed E-state index contributed by atoms with van der Waals surface area (Å²) in [6, 6.07) is 18.9. The second kappa shape index (κ2) is 12.9. The summed E-state index contributed by atoms with van der Waals surface area (Å²) in [5.41, 5.74) is 4.93. The molecule has 7 nitrogen and oxygen atoms in total. The average molecular weight is 550 g/mol. The first-order chi connectivity index (χ1) is 18.5. The zero-order valence-electron chi connectivity index (χ0n) is 23.7. The Bertz CT molecular complexity index is 1420. The summed E-state index contributed by atoms with van der Waals surface area (Å²) >= 11 is 0. The van der Waals surface area contributed by atoms with Crippen molar-refractivity contribution in [2.45, 2.75) is 65.4 Å². The number of nitrogens with zero attached hydrogens (tertiary/aromatic N) is 2. The van der Waals surface area contributed by atoms with Crippen LogP contribution in [0.25, 0.3) is 0 Å². The van der Waals surface area contributed by atoms with Crippen LogP contribution in [0.5, 0.6) is 0 Å². The lowest BCUT2D eigenvalue weighted by molar-refractivity contribution is -0.140. The summed E-state index contributed by atoms with van der Waals surface area (Å²) in [5.74, 6) is -0.713. The first-order valence-corrected chi connectivity index (χ1v) is 14.7. The normalized spacial score (nSPS) is 12.1. The van der Waals surface area contributed by atoms with Crippen molar-refractivity contribution in [3.8, 4) is 0 Å². The number of rotatable bonds is 11. The number of carbonyl (C=O) groups excluding carboxylic acids is 2. The molecule has 0 aliphatic heterocycles. The van der Waals surface area contributed by atoms with E-state index in [2.05, 4.69) is 5.32 Å². The fourth-order valence-electron chi connectivity index (χ4n) is 4.54. The van der Waals surface area contributed by atoms with Gasteiger partial charge in [-0.15, -0.1) is 0 Å². The van der Waals surface area contributed by atoms with Crippen LogP contribution in [0.2, 0.25) is 0 Å². The second-order valence-corrected chi connectivity index (χ2v) is 11.7. The lowest BCUT2D eigenvalue weighted by Gasteiger charge is -2.34. The highest BCUT2D eigenvalue weighted by Crippen LogP contribution is 2.29. The van der Waals surface area contributed by atoms with Crippen molar-refractivity contribution in [2.24, 2.45) is 0 Å². The highest BCUT2D eigenvalue weighted by atomic mass is 32.2. The Morgan fingerprint density at radius 2 is 1.49 bits per heavy atom. The molecule has 1 atom stereocenters. The number of likely N-dealkylation sites (N-methyl/N-ethyl adjacent to an activating group) is 1. The number of amides is 2. The Kier molecular flexibility index (Phi) is 9.92. The van der Waals surface area contributed by atoms with Crippen LogP contribution in [-0.2, 0) is 26.2 Å². The zero-order chi connectivity index (χ0) is 28.7. The van der Waals surface area contributed by atoms with E-state index in [0.29, 0.717) is 18.7 Å². The maximum Gasteiger partial charge on any atom is 0.264 e. The van der Waals surface area contributed by atoms with Crippen LogP contribution in [0.4, 0.5) is 5.69 Å². The van der Waals surface area contributed by atoms with Crippen molar-refractivity contribution < 1.29 is 18.0 Å². The second-order valence-electron chi connectivity index (χ2n) is 9.81. The van der Waals surface area contributed by atoms with Crippen molar-refractivity contribution in [2.75, 3.05) is 17.4 Å². The van der Waals surface area contributed by atoms with Gasteiger partial charge in [0.25, 0.3) is 10.0 Å². The lowest BCUT2D eigenvalue weighted by atomic mass is 10.1. The van der Waals surface area contributed by atoms with Gasteiger partial charge in [-0.25, -0.2) is 8.42 Å². The Balaban J connectivity index is 2.12. The van der Waals surface area contributed by atoms with E-state index in [4.69, 9.17) is 0 Å². The van der Waals surface area contributed by atoms with Crippen LogP contribution in [0.15, 0.2) is 71.6 Å². The third-order valence-electron chi connectivity index (χ3n) is 7.07. The predicted molar refractivity (Wildman–Crippen MR) is 156 cm³/mol. The number of hydrogen-bond donors (Lipinski definition) is 1. The van der Waals surface area contributed by atoms with Crippen molar-refractivity contribution in [3.05, 3.63) is 94.5 Å². The summed E-state index contributed by atoms with van der Waals surface area (Å²) in [6.45, 7) is 11.4. The summed E-state index contributed by atoms with van der Waals surface area (Å²) in [5, 5.41) is 2.83. The molecule has 1 N–H and O–H groups in total. The molecular weight excluding hydrogens is 510 g/mol. The number of carbonyl (C=O) groups is 2. The standard InChI is InChI=1S/C31H39N3O4S/c1-7-28(31(36)32-8-2)33(20-26-14-10-9-12-24(26)5)30(35)21-34(29-15-11-13-23(4)25(29)6)39(37,38)27-18-16-22(3)17-19-27/h9-19,28H,7-8,20-21H2,1-6H3,(H,32,36)/t28-/m1/s1. The average Bonchev–Trinajstić information content (AvgIpc) is 2.90. The quantitative estimate of drug-likeness (QED) is 0.362. The number of nitrogens with one attached hydrogen (secondary N) is 1.